The highest BCUT2D eigenvalue weighted by Gasteiger charge is 2.20. The average molecular weight is 347 g/mol. The Morgan fingerprint density at radius 3 is 2.58 bits per heavy atom. The van der Waals surface area contributed by atoms with Crippen molar-refractivity contribution < 1.29 is 0 Å². The van der Waals surface area contributed by atoms with Gasteiger partial charge in [0.05, 0.1) is 23.3 Å². The van der Waals surface area contributed by atoms with E-state index in [9.17, 15) is 0 Å². The lowest BCUT2D eigenvalue weighted by Crippen LogP contribution is -2.38. The third-order valence-corrected chi connectivity index (χ3v) is 5.09. The van der Waals surface area contributed by atoms with E-state index in [0.717, 1.165) is 49.5 Å². The van der Waals surface area contributed by atoms with Crippen molar-refractivity contribution >= 4 is 5.69 Å². The van der Waals surface area contributed by atoms with E-state index in [4.69, 9.17) is 0 Å². The predicted molar refractivity (Wildman–Crippen MR) is 104 cm³/mol. The van der Waals surface area contributed by atoms with Crippen LogP contribution in [0.5, 0.6) is 0 Å². The smallest absolute Gasteiger partial charge is 0.0763 e. The first-order valence-corrected chi connectivity index (χ1v) is 9.27. The predicted octanol–water partition coefficient (Wildman–Crippen LogP) is 3.65. The van der Waals surface area contributed by atoms with E-state index in [1.165, 1.54) is 5.56 Å². The van der Waals surface area contributed by atoms with Gasteiger partial charge in [0, 0.05) is 38.1 Å². The topological polar surface area (TPSA) is 46.0 Å². The molecular formula is C21H25N5. The summed E-state index contributed by atoms with van der Waals surface area (Å²) in [4.78, 5) is 6.72. The molecule has 26 heavy (non-hydrogen) atoms. The molecule has 2 aromatic heterocycles. The Labute approximate surface area is 154 Å². The Bertz CT molecular complexity index is 820. The second-order valence-electron chi connectivity index (χ2n) is 6.95. The van der Waals surface area contributed by atoms with Gasteiger partial charge in [-0.25, -0.2) is 4.68 Å². The number of nitrogens with zero attached hydrogens (tertiary/aromatic N) is 4. The van der Waals surface area contributed by atoms with Crippen molar-refractivity contribution in [1.29, 1.82) is 0 Å². The molecule has 0 saturated carbocycles. The number of likely N-dealkylation sites (tertiary alicyclic amines) is 1. The number of piperidine rings is 1. The Hall–Kier alpha value is -2.66. The van der Waals surface area contributed by atoms with Gasteiger partial charge in [-0.2, -0.15) is 5.10 Å². The van der Waals surface area contributed by atoms with Gasteiger partial charge in [0.15, 0.2) is 0 Å². The van der Waals surface area contributed by atoms with Gasteiger partial charge >= 0.3 is 0 Å². The summed E-state index contributed by atoms with van der Waals surface area (Å²) in [5.74, 6) is 0. The van der Waals surface area contributed by atoms with Crippen LogP contribution in [0.3, 0.4) is 0 Å². The van der Waals surface area contributed by atoms with Gasteiger partial charge in [0.25, 0.3) is 0 Å². The summed E-state index contributed by atoms with van der Waals surface area (Å²) >= 11 is 0. The van der Waals surface area contributed by atoms with E-state index in [2.05, 4.69) is 45.4 Å². The fourth-order valence-corrected chi connectivity index (χ4v) is 3.59. The first kappa shape index (κ1) is 16.8. The monoisotopic (exact) mass is 347 g/mol. The molecule has 0 spiro atoms. The lowest BCUT2D eigenvalue weighted by molar-refractivity contribution is 0.211. The Morgan fingerprint density at radius 2 is 1.85 bits per heavy atom. The zero-order chi connectivity index (χ0) is 17.8. The maximum Gasteiger partial charge on any atom is 0.0763 e. The van der Waals surface area contributed by atoms with Crippen molar-refractivity contribution in [1.82, 2.24) is 19.7 Å². The molecule has 0 amide bonds. The summed E-state index contributed by atoms with van der Waals surface area (Å²) < 4.78 is 2.00. The summed E-state index contributed by atoms with van der Waals surface area (Å²) in [6.45, 7) is 5.34. The van der Waals surface area contributed by atoms with E-state index >= 15 is 0 Å². The molecule has 5 nitrogen and oxygen atoms in total. The highest BCUT2D eigenvalue weighted by atomic mass is 15.3. The Morgan fingerprint density at radius 1 is 1.04 bits per heavy atom. The molecule has 5 heteroatoms. The van der Waals surface area contributed by atoms with Gasteiger partial charge in [0.1, 0.15) is 0 Å². The maximum absolute atomic E-state index is 4.56. The van der Waals surface area contributed by atoms with Crippen molar-refractivity contribution in [3.63, 3.8) is 0 Å². The van der Waals surface area contributed by atoms with Crippen LogP contribution in [0.4, 0.5) is 5.69 Å². The van der Waals surface area contributed by atoms with Crippen LogP contribution >= 0.6 is 0 Å². The van der Waals surface area contributed by atoms with Gasteiger partial charge in [-0.15, -0.1) is 0 Å². The van der Waals surface area contributed by atoms with Crippen LogP contribution in [0.15, 0.2) is 61.1 Å². The van der Waals surface area contributed by atoms with Crippen LogP contribution in [-0.2, 0) is 6.54 Å². The first-order valence-electron chi connectivity index (χ1n) is 9.27. The van der Waals surface area contributed by atoms with Crippen molar-refractivity contribution in [2.24, 2.45) is 0 Å². The highest BCUT2D eigenvalue weighted by molar-refractivity contribution is 5.50. The van der Waals surface area contributed by atoms with E-state index in [1.807, 2.05) is 47.5 Å². The molecule has 1 aliphatic rings. The molecule has 0 radical (unpaired) electrons. The molecular weight excluding hydrogens is 322 g/mol. The molecule has 134 valence electrons. The third kappa shape index (κ3) is 3.78. The zero-order valence-corrected chi connectivity index (χ0v) is 15.2. The quantitative estimate of drug-likeness (QED) is 0.765. The summed E-state index contributed by atoms with van der Waals surface area (Å²) in [6, 6.07) is 15.0. The van der Waals surface area contributed by atoms with Gasteiger partial charge in [-0.3, -0.25) is 9.88 Å². The second-order valence-corrected chi connectivity index (χ2v) is 6.95. The zero-order valence-electron chi connectivity index (χ0n) is 15.2. The summed E-state index contributed by atoms with van der Waals surface area (Å²) in [7, 11) is 0. The van der Waals surface area contributed by atoms with Gasteiger partial charge in [0.2, 0.25) is 0 Å². The molecule has 1 saturated heterocycles. The minimum absolute atomic E-state index is 0.507. The molecule has 0 atom stereocenters. The molecule has 4 rings (SSSR count). The number of aromatic nitrogens is 3. The number of para-hydroxylation sites is 1. The molecule has 1 aromatic carbocycles. The minimum Gasteiger partial charge on any atom is -0.379 e. The lowest BCUT2D eigenvalue weighted by Gasteiger charge is -2.32. The van der Waals surface area contributed by atoms with Crippen LogP contribution in [0.25, 0.3) is 5.69 Å². The largest absolute Gasteiger partial charge is 0.379 e. The Balaban J connectivity index is 1.34. The number of anilines is 1. The third-order valence-electron chi connectivity index (χ3n) is 5.09. The number of hydrogen-bond acceptors (Lipinski definition) is 4. The molecule has 3 aromatic rings. The number of rotatable bonds is 5. The van der Waals surface area contributed by atoms with Crippen LogP contribution in [0, 0.1) is 6.92 Å². The summed E-state index contributed by atoms with van der Waals surface area (Å²) in [5.41, 5.74) is 4.69. The van der Waals surface area contributed by atoms with Crippen LogP contribution in [-0.4, -0.2) is 38.8 Å². The van der Waals surface area contributed by atoms with Gasteiger partial charge in [-0.05, 0) is 43.5 Å². The van der Waals surface area contributed by atoms with Crippen molar-refractivity contribution in [2.75, 3.05) is 18.4 Å². The normalized spacial score (nSPS) is 15.9. The van der Waals surface area contributed by atoms with Gasteiger partial charge < -0.3 is 5.32 Å². The Kier molecular flexibility index (Phi) is 4.97. The molecule has 0 aliphatic carbocycles. The van der Waals surface area contributed by atoms with E-state index in [1.54, 1.807) is 0 Å². The maximum atomic E-state index is 4.56. The van der Waals surface area contributed by atoms with Crippen molar-refractivity contribution in [3.8, 4) is 5.69 Å². The van der Waals surface area contributed by atoms with E-state index < -0.39 is 0 Å². The molecule has 1 aliphatic heterocycles. The number of pyridine rings is 1. The number of nitrogens with one attached hydrogen (secondary N) is 1. The van der Waals surface area contributed by atoms with Crippen molar-refractivity contribution in [3.05, 3.63) is 72.3 Å². The molecule has 1 fully saturated rings. The van der Waals surface area contributed by atoms with Crippen LogP contribution < -0.4 is 5.32 Å². The average Bonchev–Trinajstić information content (AvgIpc) is 3.05. The molecule has 3 heterocycles. The standard InChI is InChI=1S/C21H25N5/c1-17-21(15-23-26(17)20-7-3-2-4-8-20)24-19-9-12-25(13-10-19)16-18-6-5-11-22-14-18/h2-8,11,14-15,19,24H,9-10,12-13,16H2,1H3. The van der Waals surface area contributed by atoms with Crippen LogP contribution in [0.2, 0.25) is 0 Å². The number of hydrogen-bond donors (Lipinski definition) is 1. The summed E-state index contributed by atoms with van der Waals surface area (Å²) in [6.07, 6.45) is 8.04. The SMILES string of the molecule is Cc1c(NC2CCN(Cc3cccnc3)CC2)cnn1-c1ccccc1. The molecule has 1 N–H and O–H groups in total. The fraction of sp³-hybridized carbons (Fsp3) is 0.333. The van der Waals surface area contributed by atoms with Crippen molar-refractivity contribution in [2.45, 2.75) is 32.4 Å². The first-order chi connectivity index (χ1) is 12.8. The number of benzene rings is 1. The van der Waals surface area contributed by atoms with Gasteiger partial charge in [-0.1, -0.05) is 24.3 Å². The molecule has 0 unspecified atom stereocenters. The molecule has 0 bridgehead atoms. The summed E-state index contributed by atoms with van der Waals surface area (Å²) in [5, 5.41) is 8.26. The van der Waals surface area contributed by atoms with E-state index in [0.29, 0.717) is 6.04 Å². The second kappa shape index (κ2) is 7.70. The van der Waals surface area contributed by atoms with Crippen LogP contribution in [0.1, 0.15) is 24.1 Å². The van der Waals surface area contributed by atoms with E-state index in [-0.39, 0.29) is 0 Å². The fourth-order valence-electron chi connectivity index (χ4n) is 3.59. The lowest BCUT2D eigenvalue weighted by atomic mass is 10.0. The minimum atomic E-state index is 0.507. The highest BCUT2D eigenvalue weighted by Crippen LogP contribution is 2.22.